The summed E-state index contributed by atoms with van der Waals surface area (Å²) in [6.45, 7) is 5.43. The summed E-state index contributed by atoms with van der Waals surface area (Å²) in [7, 11) is 0. The van der Waals surface area contributed by atoms with Gasteiger partial charge in [0.2, 0.25) is 5.91 Å². The molecule has 0 saturated carbocycles. The zero-order valence-corrected chi connectivity index (χ0v) is 13.6. The van der Waals surface area contributed by atoms with E-state index >= 15 is 0 Å². The standard InChI is InChI=1S/C18H23NO4/c1-12-7-15-14(10-23-16(15)8-13(12)2)9-17(20)19-11-18(21)3-5-22-6-4-18/h7-8,10,21H,3-6,9,11H2,1-2H3,(H,19,20). The van der Waals surface area contributed by atoms with E-state index < -0.39 is 5.60 Å². The van der Waals surface area contributed by atoms with E-state index in [1.807, 2.05) is 19.9 Å². The van der Waals surface area contributed by atoms with Crippen molar-refractivity contribution in [1.82, 2.24) is 5.32 Å². The molecule has 0 atom stereocenters. The first-order valence-electron chi connectivity index (χ1n) is 8.01. The zero-order valence-electron chi connectivity index (χ0n) is 13.6. The topological polar surface area (TPSA) is 71.7 Å². The molecular formula is C18H23NO4. The third kappa shape index (κ3) is 3.57. The van der Waals surface area contributed by atoms with Crippen LogP contribution in [0.4, 0.5) is 0 Å². The Bertz CT molecular complexity index is 713. The van der Waals surface area contributed by atoms with Crippen LogP contribution in [0.3, 0.4) is 0 Å². The van der Waals surface area contributed by atoms with E-state index in [1.165, 1.54) is 11.1 Å². The highest BCUT2D eigenvalue weighted by Crippen LogP contribution is 2.25. The van der Waals surface area contributed by atoms with Crippen LogP contribution in [-0.4, -0.2) is 36.4 Å². The lowest BCUT2D eigenvalue weighted by atomic mass is 9.94. The molecule has 1 aromatic heterocycles. The number of hydrogen-bond acceptors (Lipinski definition) is 4. The molecule has 1 amide bonds. The number of aliphatic hydroxyl groups is 1. The van der Waals surface area contributed by atoms with Gasteiger partial charge in [0.15, 0.2) is 0 Å². The van der Waals surface area contributed by atoms with Crippen molar-refractivity contribution in [3.05, 3.63) is 35.1 Å². The number of hydrogen-bond donors (Lipinski definition) is 2. The Labute approximate surface area is 135 Å². The maximum Gasteiger partial charge on any atom is 0.224 e. The number of benzene rings is 1. The molecular weight excluding hydrogens is 294 g/mol. The van der Waals surface area contributed by atoms with E-state index in [-0.39, 0.29) is 18.9 Å². The molecule has 1 aliphatic heterocycles. The SMILES string of the molecule is Cc1cc2occ(CC(=O)NCC3(O)CCOCC3)c2cc1C. The van der Waals surface area contributed by atoms with Gasteiger partial charge >= 0.3 is 0 Å². The molecule has 23 heavy (non-hydrogen) atoms. The normalized spacial score (nSPS) is 17.3. The van der Waals surface area contributed by atoms with Crippen LogP contribution in [0, 0.1) is 13.8 Å². The molecule has 0 unspecified atom stereocenters. The molecule has 2 heterocycles. The third-order valence-electron chi connectivity index (χ3n) is 4.66. The number of carbonyl (C=O) groups is 1. The second-order valence-corrected chi connectivity index (χ2v) is 6.48. The molecule has 0 aliphatic carbocycles. The van der Waals surface area contributed by atoms with Gasteiger partial charge in [-0.1, -0.05) is 0 Å². The van der Waals surface area contributed by atoms with E-state index in [1.54, 1.807) is 6.26 Å². The van der Waals surface area contributed by atoms with Crippen LogP contribution >= 0.6 is 0 Å². The summed E-state index contributed by atoms with van der Waals surface area (Å²) in [5, 5.41) is 14.2. The minimum atomic E-state index is -0.847. The number of rotatable bonds is 4. The van der Waals surface area contributed by atoms with Gasteiger partial charge < -0.3 is 19.6 Å². The summed E-state index contributed by atoms with van der Waals surface area (Å²) in [5.41, 5.74) is 3.18. The van der Waals surface area contributed by atoms with Crippen molar-refractivity contribution >= 4 is 16.9 Å². The second-order valence-electron chi connectivity index (χ2n) is 6.48. The number of amides is 1. The van der Waals surface area contributed by atoms with Gasteiger partial charge in [0.25, 0.3) is 0 Å². The van der Waals surface area contributed by atoms with Crippen molar-refractivity contribution in [2.75, 3.05) is 19.8 Å². The van der Waals surface area contributed by atoms with Crippen molar-refractivity contribution in [2.45, 2.75) is 38.7 Å². The minimum Gasteiger partial charge on any atom is -0.464 e. The van der Waals surface area contributed by atoms with Gasteiger partial charge in [-0.05, 0) is 37.1 Å². The highest BCUT2D eigenvalue weighted by atomic mass is 16.5. The second kappa shape index (κ2) is 6.34. The molecule has 0 bridgehead atoms. The molecule has 1 aliphatic rings. The Hall–Kier alpha value is -1.85. The lowest BCUT2D eigenvalue weighted by molar-refractivity contribution is -0.123. The largest absolute Gasteiger partial charge is 0.464 e. The van der Waals surface area contributed by atoms with Crippen molar-refractivity contribution < 1.29 is 19.1 Å². The fourth-order valence-corrected chi connectivity index (χ4v) is 2.90. The van der Waals surface area contributed by atoms with Gasteiger partial charge in [-0.15, -0.1) is 0 Å². The van der Waals surface area contributed by atoms with Gasteiger partial charge in [0.05, 0.1) is 18.3 Å². The maximum atomic E-state index is 12.2. The highest BCUT2D eigenvalue weighted by Gasteiger charge is 2.30. The predicted molar refractivity (Wildman–Crippen MR) is 87.4 cm³/mol. The molecule has 5 nitrogen and oxygen atoms in total. The maximum absolute atomic E-state index is 12.2. The third-order valence-corrected chi connectivity index (χ3v) is 4.66. The van der Waals surface area contributed by atoms with Gasteiger partial charge in [-0.25, -0.2) is 0 Å². The van der Waals surface area contributed by atoms with Crippen LogP contribution in [0.25, 0.3) is 11.0 Å². The van der Waals surface area contributed by atoms with E-state index in [2.05, 4.69) is 11.4 Å². The first kappa shape index (κ1) is 16.0. The number of carbonyl (C=O) groups excluding carboxylic acids is 1. The van der Waals surface area contributed by atoms with Gasteiger partial charge in [-0.3, -0.25) is 4.79 Å². The molecule has 0 spiro atoms. The smallest absolute Gasteiger partial charge is 0.224 e. The van der Waals surface area contributed by atoms with Crippen molar-refractivity contribution in [3.63, 3.8) is 0 Å². The summed E-state index contributed by atoms with van der Waals surface area (Å²) in [5.74, 6) is -0.106. The van der Waals surface area contributed by atoms with Gasteiger partial charge in [0, 0.05) is 43.5 Å². The Balaban J connectivity index is 1.65. The minimum absolute atomic E-state index is 0.106. The molecule has 3 rings (SSSR count). The highest BCUT2D eigenvalue weighted by molar-refractivity contribution is 5.88. The van der Waals surface area contributed by atoms with Crippen molar-refractivity contribution in [3.8, 4) is 0 Å². The van der Waals surface area contributed by atoms with E-state index in [9.17, 15) is 9.90 Å². The molecule has 2 N–H and O–H groups in total. The number of aryl methyl sites for hydroxylation is 2. The average Bonchev–Trinajstić information content (AvgIpc) is 2.89. The van der Waals surface area contributed by atoms with Crippen LogP contribution in [0.1, 0.15) is 29.5 Å². The first-order chi connectivity index (χ1) is 11.0. The number of furan rings is 1. The fraction of sp³-hybridized carbons (Fsp3) is 0.500. The van der Waals surface area contributed by atoms with Crippen LogP contribution < -0.4 is 5.32 Å². The molecule has 5 heteroatoms. The quantitative estimate of drug-likeness (QED) is 0.907. The number of ether oxygens (including phenoxy) is 1. The van der Waals surface area contributed by atoms with E-state index in [4.69, 9.17) is 9.15 Å². The molecule has 1 saturated heterocycles. The summed E-state index contributed by atoms with van der Waals surface area (Å²) in [6.07, 6.45) is 3.01. The van der Waals surface area contributed by atoms with Gasteiger partial charge in [0.1, 0.15) is 5.58 Å². The summed E-state index contributed by atoms with van der Waals surface area (Å²) < 4.78 is 10.8. The number of fused-ring (bicyclic) bond motifs is 1. The van der Waals surface area contributed by atoms with Crippen molar-refractivity contribution in [1.29, 1.82) is 0 Å². The number of nitrogens with one attached hydrogen (secondary N) is 1. The lowest BCUT2D eigenvalue weighted by Crippen LogP contribution is -2.46. The van der Waals surface area contributed by atoms with Crippen LogP contribution in [0.2, 0.25) is 0 Å². The predicted octanol–water partition coefficient (Wildman–Crippen LogP) is 2.25. The fourth-order valence-electron chi connectivity index (χ4n) is 2.90. The Kier molecular flexibility index (Phi) is 4.41. The van der Waals surface area contributed by atoms with Crippen molar-refractivity contribution in [2.24, 2.45) is 0 Å². The summed E-state index contributed by atoms with van der Waals surface area (Å²) in [4.78, 5) is 12.2. The molecule has 124 valence electrons. The Morgan fingerprint density at radius 3 is 2.70 bits per heavy atom. The summed E-state index contributed by atoms with van der Waals surface area (Å²) >= 11 is 0. The van der Waals surface area contributed by atoms with E-state index in [0.29, 0.717) is 26.1 Å². The summed E-state index contributed by atoms with van der Waals surface area (Å²) in [6, 6.07) is 4.06. The Morgan fingerprint density at radius 1 is 1.26 bits per heavy atom. The van der Waals surface area contributed by atoms with Gasteiger partial charge in [-0.2, -0.15) is 0 Å². The molecule has 1 aromatic carbocycles. The van der Waals surface area contributed by atoms with Crippen LogP contribution in [0.15, 0.2) is 22.8 Å². The van der Waals surface area contributed by atoms with Crippen LogP contribution in [-0.2, 0) is 16.0 Å². The Morgan fingerprint density at radius 2 is 1.96 bits per heavy atom. The first-order valence-corrected chi connectivity index (χ1v) is 8.01. The van der Waals surface area contributed by atoms with Crippen LogP contribution in [0.5, 0.6) is 0 Å². The zero-order chi connectivity index (χ0) is 16.4. The monoisotopic (exact) mass is 317 g/mol. The van der Waals surface area contributed by atoms with E-state index in [0.717, 1.165) is 16.5 Å². The average molecular weight is 317 g/mol. The molecule has 2 aromatic rings. The molecule has 0 radical (unpaired) electrons. The molecule has 1 fully saturated rings. The lowest BCUT2D eigenvalue weighted by Gasteiger charge is -2.32.